The summed E-state index contributed by atoms with van der Waals surface area (Å²) in [6, 6.07) is 0. The summed E-state index contributed by atoms with van der Waals surface area (Å²) in [5.41, 5.74) is 0. The molecule has 0 rings (SSSR count). The summed E-state index contributed by atoms with van der Waals surface area (Å²) in [6.07, 6.45) is 2.00. The Kier molecular flexibility index (Phi) is 111. The van der Waals surface area contributed by atoms with E-state index in [1.165, 1.54) is 0 Å². The fourth-order valence-electron chi connectivity index (χ4n) is 0. The Balaban J connectivity index is -0.0000000275. The van der Waals surface area contributed by atoms with Gasteiger partial charge in [-0.1, -0.05) is 0 Å². The van der Waals surface area contributed by atoms with Gasteiger partial charge in [-0.15, -0.1) is 0 Å². The minimum absolute atomic E-state index is 0. The molecular weight excluding hydrogens is 84.4 g/mol. The third kappa shape index (κ3) is 115. The minimum Gasteiger partial charge on any atom is -0.346 e. The van der Waals surface area contributed by atoms with Gasteiger partial charge < -0.3 is 13.3 Å². The molecule has 0 heterocycles. The summed E-state index contributed by atoms with van der Waals surface area (Å²) in [4.78, 5) is 0. The summed E-state index contributed by atoms with van der Waals surface area (Å²) >= 11 is 0. The zero-order valence-electron chi connectivity index (χ0n) is 4.99. The molecule has 0 unspecified atom stereocenters. The van der Waals surface area contributed by atoms with Crippen LogP contribution < -0.4 is 0 Å². The molecular formula is C5H12Mg. The van der Waals surface area contributed by atoms with E-state index < -0.39 is 0 Å². The van der Waals surface area contributed by atoms with E-state index in [0.717, 1.165) is 0 Å². The number of rotatable bonds is 0. The first-order valence-corrected chi connectivity index (χ1v) is 1.86. The van der Waals surface area contributed by atoms with Crippen molar-refractivity contribution in [2.75, 3.05) is 0 Å². The summed E-state index contributed by atoms with van der Waals surface area (Å²) in [5, 5.41) is 0. The molecule has 0 saturated heterocycles. The van der Waals surface area contributed by atoms with Crippen LogP contribution in [0.4, 0.5) is 0 Å². The van der Waals surface area contributed by atoms with Crippen LogP contribution in [0.2, 0.25) is 0 Å². The first kappa shape index (κ1) is 15.9. The Bertz CT molecular complexity index is 3.90. The minimum atomic E-state index is 0. The molecule has 0 saturated carbocycles. The topological polar surface area (TPSA) is 0 Å². The van der Waals surface area contributed by atoms with Gasteiger partial charge in [0.15, 0.2) is 0 Å². The molecule has 0 nitrogen and oxygen atoms in total. The van der Waals surface area contributed by atoms with Crippen LogP contribution in [0.3, 0.4) is 0 Å². The third-order valence-electron chi connectivity index (χ3n) is 0. The SMILES string of the molecule is C[CH-]C.[CH2-]C.[Mg+2]. The van der Waals surface area contributed by atoms with Crippen LogP contribution in [-0.4, -0.2) is 23.1 Å². The van der Waals surface area contributed by atoms with Gasteiger partial charge in [-0.05, 0) is 0 Å². The second-order valence-corrected chi connectivity index (χ2v) is 0.577. The molecule has 34 valence electrons. The molecule has 0 radical (unpaired) electrons. The Morgan fingerprint density at radius 2 is 1.17 bits per heavy atom. The molecule has 0 bridgehead atoms. The smallest absolute Gasteiger partial charge is 0.346 e. The fourth-order valence-corrected chi connectivity index (χ4v) is 0. The normalized spacial score (nSPS) is 4.00. The largest absolute Gasteiger partial charge is 2.00 e. The van der Waals surface area contributed by atoms with E-state index in [0.29, 0.717) is 0 Å². The molecule has 6 heavy (non-hydrogen) atoms. The van der Waals surface area contributed by atoms with Crippen molar-refractivity contribution in [3.63, 3.8) is 0 Å². The van der Waals surface area contributed by atoms with Gasteiger partial charge in [-0.2, -0.15) is 20.8 Å². The van der Waals surface area contributed by atoms with Crippen LogP contribution >= 0.6 is 0 Å². The molecule has 0 atom stereocenters. The van der Waals surface area contributed by atoms with Crippen molar-refractivity contribution < 1.29 is 0 Å². The summed E-state index contributed by atoms with van der Waals surface area (Å²) < 4.78 is 0. The van der Waals surface area contributed by atoms with E-state index in [2.05, 4.69) is 6.92 Å². The maximum atomic E-state index is 3.25. The van der Waals surface area contributed by atoms with E-state index in [9.17, 15) is 0 Å². The van der Waals surface area contributed by atoms with Gasteiger partial charge in [-0.25, -0.2) is 0 Å². The van der Waals surface area contributed by atoms with Crippen LogP contribution in [0.25, 0.3) is 0 Å². The van der Waals surface area contributed by atoms with Crippen LogP contribution in [0.1, 0.15) is 20.8 Å². The standard InChI is InChI=1S/C3H7.C2H5.Mg/c1-3-2;1-2;/h3H,1-2H3;1H2,2H3;/q2*-1;+2. The van der Waals surface area contributed by atoms with Crippen molar-refractivity contribution in [1.82, 2.24) is 0 Å². The molecule has 0 amide bonds. The second-order valence-electron chi connectivity index (χ2n) is 0.577. The Morgan fingerprint density at radius 1 is 1.17 bits per heavy atom. The van der Waals surface area contributed by atoms with Gasteiger partial charge >= 0.3 is 23.1 Å². The van der Waals surface area contributed by atoms with Crippen LogP contribution in [0.15, 0.2) is 0 Å². The van der Waals surface area contributed by atoms with Gasteiger partial charge in [0.1, 0.15) is 0 Å². The second kappa shape index (κ2) is 42.0. The average molecular weight is 96.5 g/mol. The fraction of sp³-hybridized carbons (Fsp3) is 0.600. The van der Waals surface area contributed by atoms with Crippen LogP contribution in [-0.2, 0) is 0 Å². The predicted octanol–water partition coefficient (Wildman–Crippen LogP) is 1.69. The van der Waals surface area contributed by atoms with Gasteiger partial charge in [0.2, 0.25) is 0 Å². The molecule has 0 aromatic heterocycles. The van der Waals surface area contributed by atoms with Gasteiger partial charge in [-0.3, -0.25) is 0 Å². The Labute approximate surface area is 57.5 Å². The van der Waals surface area contributed by atoms with E-state index in [-0.39, 0.29) is 23.1 Å². The Hall–Kier alpha value is 0.766. The predicted molar refractivity (Wildman–Crippen MR) is 32.4 cm³/mol. The zero-order chi connectivity index (χ0) is 4.71. The van der Waals surface area contributed by atoms with Gasteiger partial charge in [0, 0.05) is 0 Å². The molecule has 0 aliphatic carbocycles. The number of hydrogen-bond donors (Lipinski definition) is 0. The first-order valence-electron chi connectivity index (χ1n) is 1.86. The molecule has 0 aromatic carbocycles. The summed E-state index contributed by atoms with van der Waals surface area (Å²) in [5.74, 6) is 0. The first-order chi connectivity index (χ1) is 2.41. The summed E-state index contributed by atoms with van der Waals surface area (Å²) in [7, 11) is 0. The van der Waals surface area contributed by atoms with E-state index >= 15 is 0 Å². The molecule has 1 heteroatoms. The van der Waals surface area contributed by atoms with Crippen molar-refractivity contribution in [3.05, 3.63) is 13.3 Å². The monoisotopic (exact) mass is 96.1 g/mol. The average Bonchev–Trinajstić information content (AvgIpc) is 1.46. The Morgan fingerprint density at radius 3 is 1.17 bits per heavy atom. The van der Waals surface area contributed by atoms with Crippen LogP contribution in [0.5, 0.6) is 0 Å². The van der Waals surface area contributed by atoms with Gasteiger partial charge in [0.25, 0.3) is 0 Å². The third-order valence-corrected chi connectivity index (χ3v) is 0. The van der Waals surface area contributed by atoms with E-state index in [1.54, 1.807) is 6.92 Å². The van der Waals surface area contributed by atoms with E-state index in [4.69, 9.17) is 0 Å². The molecule has 0 spiro atoms. The quantitative estimate of drug-likeness (QED) is 0.318. The van der Waals surface area contributed by atoms with Crippen molar-refractivity contribution in [1.29, 1.82) is 0 Å². The summed E-state index contributed by atoms with van der Waals surface area (Å²) in [6.45, 7) is 9.00. The number of hydrogen-bond acceptors (Lipinski definition) is 0. The molecule has 0 aliphatic rings. The zero-order valence-corrected chi connectivity index (χ0v) is 6.41. The van der Waals surface area contributed by atoms with Crippen molar-refractivity contribution in [3.8, 4) is 0 Å². The van der Waals surface area contributed by atoms with Crippen molar-refractivity contribution in [2.24, 2.45) is 0 Å². The molecule has 0 fully saturated rings. The molecule has 0 aromatic rings. The van der Waals surface area contributed by atoms with E-state index in [1.807, 2.05) is 20.3 Å². The molecule has 0 N–H and O–H groups in total. The van der Waals surface area contributed by atoms with Crippen molar-refractivity contribution >= 4 is 23.1 Å². The van der Waals surface area contributed by atoms with Gasteiger partial charge in [0.05, 0.1) is 0 Å². The maximum Gasteiger partial charge on any atom is 2.00 e. The van der Waals surface area contributed by atoms with Crippen LogP contribution in [0, 0.1) is 13.3 Å². The maximum absolute atomic E-state index is 3.25. The molecule has 0 aliphatic heterocycles. The van der Waals surface area contributed by atoms with Crippen molar-refractivity contribution in [2.45, 2.75) is 20.8 Å².